The zero-order chi connectivity index (χ0) is 8.65. The molecule has 0 bridgehead atoms. The van der Waals surface area contributed by atoms with Crippen molar-refractivity contribution in [2.75, 3.05) is 18.3 Å². The van der Waals surface area contributed by atoms with Crippen LogP contribution in [0.4, 0.5) is 13.2 Å². The highest BCUT2D eigenvalue weighted by Crippen LogP contribution is 2.25. The third-order valence-electron chi connectivity index (χ3n) is 0.576. The molecule has 0 aromatic carbocycles. The van der Waals surface area contributed by atoms with E-state index in [1.807, 2.05) is 0 Å². The molecule has 0 saturated carbocycles. The maximum atomic E-state index is 11.5. The summed E-state index contributed by atoms with van der Waals surface area (Å²) in [6.45, 7) is 0. The van der Waals surface area contributed by atoms with E-state index in [1.54, 1.807) is 0 Å². The monoisotopic (exact) mass is 178 g/mol. The second-order valence-electron chi connectivity index (χ2n) is 2.77. The maximum absolute atomic E-state index is 11.5. The molecule has 0 fully saturated rings. The van der Waals surface area contributed by atoms with Crippen LogP contribution >= 0.6 is 0 Å². The quantitative estimate of drug-likeness (QED) is 0.652. The van der Waals surface area contributed by atoms with Crippen LogP contribution in [0.3, 0.4) is 0 Å². The van der Waals surface area contributed by atoms with Crippen molar-refractivity contribution in [3.05, 3.63) is 0 Å². The Hall–Kier alpha value is -0.100. The molecule has 6 heteroatoms. The van der Waals surface area contributed by atoms with Gasteiger partial charge >= 0.3 is 6.18 Å². The van der Waals surface area contributed by atoms with Gasteiger partial charge in [0.2, 0.25) is 0 Å². The molecule has 0 aromatic heterocycles. The number of alkyl halides is 3. The van der Waals surface area contributed by atoms with Crippen LogP contribution in [0, 0.1) is 0 Å². The van der Waals surface area contributed by atoms with Crippen molar-refractivity contribution in [3.63, 3.8) is 0 Å². The van der Waals surface area contributed by atoms with Gasteiger partial charge in [0, 0.05) is 12.5 Å². The smallest absolute Gasteiger partial charge is 0.303 e. The van der Waals surface area contributed by atoms with Crippen LogP contribution in [0.5, 0.6) is 0 Å². The average Bonchev–Trinajstić information content (AvgIpc) is 1.09. The lowest BCUT2D eigenvalue weighted by atomic mass is 10.8. The van der Waals surface area contributed by atoms with Crippen LogP contribution in [-0.2, 0) is 9.35 Å². The summed E-state index contributed by atoms with van der Waals surface area (Å²) in [6, 6.07) is 0. The summed E-state index contributed by atoms with van der Waals surface area (Å²) in [6.07, 6.45) is -3.17. The first kappa shape index (κ1) is 9.90. The molecule has 0 amide bonds. The highest BCUT2D eigenvalue weighted by molar-refractivity contribution is 8.14. The molecule has 0 aliphatic heterocycles. The molecule has 0 unspecified atom stereocenters. The van der Waals surface area contributed by atoms with Crippen molar-refractivity contribution in [1.82, 2.24) is 0 Å². The fraction of sp³-hybridized carbons (Fsp3) is 1.00. The summed E-state index contributed by atoms with van der Waals surface area (Å²) in [5.74, 6) is -1.63. The molecule has 0 saturated heterocycles. The first-order chi connectivity index (χ1) is 3.96. The second kappa shape index (κ2) is 1.94. The Kier molecular flexibility index (Phi) is 1.93. The molecular formula is C4H9F3O2S. The van der Waals surface area contributed by atoms with E-state index in [9.17, 15) is 17.4 Å². The Balaban J connectivity index is 4.34. The van der Waals surface area contributed by atoms with E-state index < -0.39 is 21.3 Å². The van der Waals surface area contributed by atoms with Crippen molar-refractivity contribution in [3.8, 4) is 0 Å². The molecule has 0 spiro atoms. The minimum absolute atomic E-state index is 0.699. The average molecular weight is 178 g/mol. The molecule has 10 heavy (non-hydrogen) atoms. The van der Waals surface area contributed by atoms with E-state index in [4.69, 9.17) is 4.55 Å². The van der Waals surface area contributed by atoms with Gasteiger partial charge in [-0.05, 0) is 0 Å². The van der Waals surface area contributed by atoms with Crippen LogP contribution in [-0.4, -0.2) is 33.2 Å². The molecule has 2 nitrogen and oxygen atoms in total. The lowest BCUT2D eigenvalue weighted by Crippen LogP contribution is -2.39. The summed E-state index contributed by atoms with van der Waals surface area (Å²) in [4.78, 5) is 0. The molecule has 64 valence electrons. The number of halogens is 3. The highest BCUT2D eigenvalue weighted by atomic mass is 32.3. The fourth-order valence-electron chi connectivity index (χ4n) is 0.467. The van der Waals surface area contributed by atoms with E-state index in [-0.39, 0.29) is 0 Å². The van der Waals surface area contributed by atoms with Crippen molar-refractivity contribution in [2.24, 2.45) is 0 Å². The largest absolute Gasteiger partial charge is 0.405 e. The van der Waals surface area contributed by atoms with Gasteiger partial charge in [-0.25, -0.2) is 4.21 Å². The first-order valence-electron chi connectivity index (χ1n) is 2.37. The van der Waals surface area contributed by atoms with E-state index in [1.165, 1.54) is 0 Å². The summed E-state index contributed by atoms with van der Waals surface area (Å²) in [5, 5.41) is 0. The van der Waals surface area contributed by atoms with E-state index in [2.05, 4.69) is 0 Å². The first-order valence-corrected chi connectivity index (χ1v) is 5.28. The minimum Gasteiger partial charge on any atom is -0.303 e. The van der Waals surface area contributed by atoms with Gasteiger partial charge < -0.3 is 4.55 Å². The summed E-state index contributed by atoms with van der Waals surface area (Å²) in [7, 11) is -4.39. The lowest BCUT2D eigenvalue weighted by Gasteiger charge is -2.33. The molecule has 1 N–H and O–H groups in total. The maximum Gasteiger partial charge on any atom is 0.405 e. The molecule has 0 radical (unpaired) electrons. The van der Waals surface area contributed by atoms with E-state index in [0.717, 1.165) is 0 Å². The Morgan fingerprint density at radius 1 is 1.40 bits per heavy atom. The Labute approximate surface area is 56.6 Å². The predicted molar refractivity (Wildman–Crippen MR) is 33.5 cm³/mol. The van der Waals surface area contributed by atoms with Crippen LogP contribution in [0.1, 0.15) is 0 Å². The fourth-order valence-corrected chi connectivity index (χ4v) is 1.40. The Morgan fingerprint density at radius 3 is 1.70 bits per heavy atom. The SMILES string of the molecule is CS(C)(=O)(O)CC(F)(F)F. The van der Waals surface area contributed by atoms with Gasteiger partial charge in [0.25, 0.3) is 0 Å². The molecule has 0 atom stereocenters. The lowest BCUT2D eigenvalue weighted by molar-refractivity contribution is -0.107. The number of hydrogen-bond donors (Lipinski definition) is 1. The van der Waals surface area contributed by atoms with Gasteiger partial charge in [0.15, 0.2) is 0 Å². The third kappa shape index (κ3) is 7.90. The van der Waals surface area contributed by atoms with E-state index in [0.29, 0.717) is 12.5 Å². The van der Waals surface area contributed by atoms with Gasteiger partial charge in [-0.1, -0.05) is 0 Å². The van der Waals surface area contributed by atoms with Crippen molar-refractivity contribution >= 4 is 9.35 Å². The second-order valence-corrected chi connectivity index (χ2v) is 7.06. The minimum atomic E-state index is -4.57. The van der Waals surface area contributed by atoms with Crippen LogP contribution in [0.25, 0.3) is 0 Å². The summed E-state index contributed by atoms with van der Waals surface area (Å²) in [5.41, 5.74) is 0. The molecule has 0 heterocycles. The van der Waals surface area contributed by atoms with Crippen molar-refractivity contribution in [1.29, 1.82) is 0 Å². The zero-order valence-corrected chi connectivity index (χ0v) is 6.42. The zero-order valence-electron chi connectivity index (χ0n) is 5.60. The Morgan fingerprint density at radius 2 is 1.70 bits per heavy atom. The molecule has 0 aromatic rings. The molecule has 0 rings (SSSR count). The van der Waals surface area contributed by atoms with Crippen molar-refractivity contribution < 1.29 is 21.9 Å². The van der Waals surface area contributed by atoms with Gasteiger partial charge in [0.1, 0.15) is 5.75 Å². The molecule has 0 aliphatic carbocycles. The Bertz CT molecular complexity index is 178. The van der Waals surface area contributed by atoms with Gasteiger partial charge in [0.05, 0.1) is 0 Å². The van der Waals surface area contributed by atoms with Crippen LogP contribution in [0.15, 0.2) is 0 Å². The number of rotatable bonds is 1. The third-order valence-corrected chi connectivity index (χ3v) is 1.73. The van der Waals surface area contributed by atoms with Crippen LogP contribution in [0.2, 0.25) is 0 Å². The van der Waals surface area contributed by atoms with Gasteiger partial charge in [-0.3, -0.25) is 0 Å². The molecule has 0 aliphatic rings. The van der Waals surface area contributed by atoms with Gasteiger partial charge in [-0.15, -0.1) is 0 Å². The standard InChI is InChI=1S/C4H9F3O2S/c1-10(2,8,9)3-4(5,6)7/h3H2,1-2H3,(H,8,9). The predicted octanol–water partition coefficient (Wildman–Crippen LogP) is 1.10. The van der Waals surface area contributed by atoms with Crippen molar-refractivity contribution in [2.45, 2.75) is 6.18 Å². The van der Waals surface area contributed by atoms with E-state index >= 15 is 0 Å². The molecular weight excluding hydrogens is 169 g/mol. The topological polar surface area (TPSA) is 37.3 Å². The normalized spacial score (nSPS) is 18.0. The highest BCUT2D eigenvalue weighted by Gasteiger charge is 2.36. The number of hydrogen-bond acceptors (Lipinski definition) is 1. The van der Waals surface area contributed by atoms with Crippen LogP contribution < -0.4 is 0 Å². The summed E-state index contributed by atoms with van der Waals surface area (Å²) >= 11 is 0. The van der Waals surface area contributed by atoms with Gasteiger partial charge in [-0.2, -0.15) is 22.5 Å². The summed E-state index contributed by atoms with van der Waals surface area (Å²) < 4.78 is 53.7.